The molecule has 1 rings (SSSR count). The van der Waals surface area contributed by atoms with Gasteiger partial charge in [-0.05, 0) is 37.4 Å². The van der Waals surface area contributed by atoms with Gasteiger partial charge in [-0.1, -0.05) is 59.1 Å². The van der Waals surface area contributed by atoms with Crippen molar-refractivity contribution in [2.24, 2.45) is 0 Å². The number of thiocarbonyl (C=S) groups is 1. The van der Waals surface area contributed by atoms with Gasteiger partial charge in [0, 0.05) is 5.69 Å². The first-order chi connectivity index (χ1) is 9.72. The van der Waals surface area contributed by atoms with Crippen molar-refractivity contribution in [2.45, 2.75) is 16.9 Å². The van der Waals surface area contributed by atoms with E-state index >= 15 is 0 Å². The molecular weight excluding hydrogens is 353 g/mol. The van der Waals surface area contributed by atoms with Crippen LogP contribution in [0.3, 0.4) is 0 Å². The number of benzene rings is 1. The zero-order valence-electron chi connectivity index (χ0n) is 11.1. The van der Waals surface area contributed by atoms with Crippen molar-refractivity contribution in [2.75, 3.05) is 5.32 Å². The minimum absolute atomic E-state index is 0.208. The molecule has 8 heteroatoms. The number of hydrogen-bond acceptors (Lipinski definition) is 2. The number of anilines is 1. The smallest absolute Gasteiger partial charge is 0.245 e. The highest BCUT2D eigenvalue weighted by atomic mass is 35.6. The van der Waals surface area contributed by atoms with Crippen LogP contribution < -0.4 is 16.0 Å². The summed E-state index contributed by atoms with van der Waals surface area (Å²) < 4.78 is -1.78. The summed E-state index contributed by atoms with van der Waals surface area (Å²) in [5.41, 5.74) is 1.90. The second kappa shape index (κ2) is 7.84. The average molecular weight is 367 g/mol. The molecule has 0 aliphatic heterocycles. The predicted octanol–water partition coefficient (Wildman–Crippen LogP) is 3.28. The summed E-state index contributed by atoms with van der Waals surface area (Å²) in [6.45, 7) is 5.31. The molecule has 0 radical (unpaired) electrons. The number of hydrogen-bond donors (Lipinski definition) is 3. The third kappa shape index (κ3) is 6.52. The van der Waals surface area contributed by atoms with Crippen molar-refractivity contribution in [1.82, 2.24) is 10.6 Å². The molecule has 0 fully saturated rings. The summed E-state index contributed by atoms with van der Waals surface area (Å²) in [6.07, 6.45) is 0.0695. The average Bonchev–Trinajstić information content (AvgIpc) is 2.39. The van der Waals surface area contributed by atoms with E-state index in [1.54, 1.807) is 0 Å². The normalized spacial score (nSPS) is 12.2. The van der Waals surface area contributed by atoms with Gasteiger partial charge in [-0.3, -0.25) is 4.79 Å². The Balaban J connectivity index is 2.69. The molecule has 1 aromatic rings. The predicted molar refractivity (Wildman–Crippen MR) is 93.0 cm³/mol. The molecule has 1 aromatic carbocycles. The SMILES string of the molecule is C=CC(=O)N[C@H](NC(=S)Nc1ccc(C)cc1)C(Cl)(Cl)Cl. The summed E-state index contributed by atoms with van der Waals surface area (Å²) in [6, 6.07) is 7.57. The van der Waals surface area contributed by atoms with E-state index in [4.69, 9.17) is 47.0 Å². The van der Waals surface area contributed by atoms with Gasteiger partial charge in [0.05, 0.1) is 0 Å². The van der Waals surface area contributed by atoms with Gasteiger partial charge in [0.1, 0.15) is 6.17 Å². The van der Waals surface area contributed by atoms with Gasteiger partial charge in [0.2, 0.25) is 9.70 Å². The van der Waals surface area contributed by atoms with E-state index in [2.05, 4.69) is 22.5 Å². The first-order valence-corrected chi connectivity index (χ1v) is 7.40. The maximum atomic E-state index is 11.3. The summed E-state index contributed by atoms with van der Waals surface area (Å²) in [7, 11) is 0. The highest BCUT2D eigenvalue weighted by molar-refractivity contribution is 7.80. The van der Waals surface area contributed by atoms with Crippen LogP contribution in [-0.2, 0) is 4.79 Å². The second-order valence-corrected chi connectivity index (χ2v) is 6.93. The van der Waals surface area contributed by atoms with Crippen LogP contribution in [0.5, 0.6) is 0 Å². The van der Waals surface area contributed by atoms with Crippen LogP contribution in [0.15, 0.2) is 36.9 Å². The summed E-state index contributed by atoms with van der Waals surface area (Å²) in [5, 5.41) is 8.31. The summed E-state index contributed by atoms with van der Waals surface area (Å²) >= 11 is 22.5. The van der Waals surface area contributed by atoms with E-state index in [0.29, 0.717) is 0 Å². The largest absolute Gasteiger partial charge is 0.339 e. The molecule has 1 atom stereocenters. The van der Waals surface area contributed by atoms with Crippen LogP contribution >= 0.6 is 47.0 Å². The molecule has 0 spiro atoms. The van der Waals surface area contributed by atoms with Crippen LogP contribution in [0.2, 0.25) is 0 Å². The van der Waals surface area contributed by atoms with Gasteiger partial charge in [-0.2, -0.15) is 0 Å². The Morgan fingerprint density at radius 2 is 1.86 bits per heavy atom. The van der Waals surface area contributed by atoms with E-state index in [1.165, 1.54) is 0 Å². The Labute approximate surface area is 143 Å². The van der Waals surface area contributed by atoms with Crippen molar-refractivity contribution in [3.63, 3.8) is 0 Å². The van der Waals surface area contributed by atoms with Crippen molar-refractivity contribution in [3.05, 3.63) is 42.5 Å². The van der Waals surface area contributed by atoms with Crippen LogP contribution in [0.1, 0.15) is 5.56 Å². The first kappa shape index (κ1) is 18.0. The molecule has 21 heavy (non-hydrogen) atoms. The molecule has 0 unspecified atom stereocenters. The minimum Gasteiger partial charge on any atom is -0.339 e. The third-order valence-corrected chi connectivity index (χ3v) is 3.26. The fourth-order valence-electron chi connectivity index (χ4n) is 1.34. The number of nitrogens with one attached hydrogen (secondary N) is 3. The van der Waals surface area contributed by atoms with Gasteiger partial charge >= 0.3 is 0 Å². The Morgan fingerprint density at radius 3 is 2.33 bits per heavy atom. The molecule has 0 heterocycles. The molecule has 3 N–H and O–H groups in total. The molecule has 4 nitrogen and oxygen atoms in total. The van der Waals surface area contributed by atoms with E-state index < -0.39 is 15.9 Å². The highest BCUT2D eigenvalue weighted by Gasteiger charge is 2.34. The zero-order chi connectivity index (χ0) is 16.0. The number of carbonyl (C=O) groups is 1. The maximum absolute atomic E-state index is 11.3. The second-order valence-electron chi connectivity index (χ2n) is 4.15. The number of halogens is 3. The lowest BCUT2D eigenvalue weighted by molar-refractivity contribution is -0.117. The molecule has 0 aromatic heterocycles. The van der Waals surface area contributed by atoms with Crippen LogP contribution in [0, 0.1) is 6.92 Å². The fourth-order valence-corrected chi connectivity index (χ4v) is 1.90. The Bertz CT molecular complexity index is 528. The summed E-state index contributed by atoms with van der Waals surface area (Å²) in [5.74, 6) is -0.489. The quantitative estimate of drug-likeness (QED) is 0.331. The van der Waals surface area contributed by atoms with Gasteiger partial charge in [0.25, 0.3) is 0 Å². The number of carbonyl (C=O) groups excluding carboxylic acids is 1. The highest BCUT2D eigenvalue weighted by Crippen LogP contribution is 2.29. The van der Waals surface area contributed by atoms with E-state index in [-0.39, 0.29) is 5.11 Å². The van der Waals surface area contributed by atoms with E-state index in [1.807, 2.05) is 31.2 Å². The lowest BCUT2D eigenvalue weighted by Gasteiger charge is -2.27. The molecule has 0 saturated carbocycles. The third-order valence-electron chi connectivity index (χ3n) is 2.38. The molecule has 1 amide bonds. The van der Waals surface area contributed by atoms with E-state index in [0.717, 1.165) is 17.3 Å². The maximum Gasteiger partial charge on any atom is 0.245 e. The lowest BCUT2D eigenvalue weighted by Crippen LogP contribution is -2.55. The molecule has 114 valence electrons. The van der Waals surface area contributed by atoms with Crippen molar-refractivity contribution < 1.29 is 4.79 Å². The molecule has 0 saturated heterocycles. The van der Waals surface area contributed by atoms with Crippen LogP contribution in [0.4, 0.5) is 5.69 Å². The lowest BCUT2D eigenvalue weighted by atomic mass is 10.2. The number of rotatable bonds is 4. The van der Waals surface area contributed by atoms with Gasteiger partial charge < -0.3 is 16.0 Å². The molecular formula is C13H14Cl3N3OS. The number of amides is 1. The first-order valence-electron chi connectivity index (χ1n) is 5.86. The van der Waals surface area contributed by atoms with Crippen molar-refractivity contribution in [1.29, 1.82) is 0 Å². The van der Waals surface area contributed by atoms with Crippen molar-refractivity contribution in [3.8, 4) is 0 Å². The van der Waals surface area contributed by atoms with Gasteiger partial charge in [-0.15, -0.1) is 0 Å². The topological polar surface area (TPSA) is 53.2 Å². The summed E-state index contributed by atoms with van der Waals surface area (Å²) in [4.78, 5) is 11.3. The molecule has 0 bridgehead atoms. The monoisotopic (exact) mass is 365 g/mol. The van der Waals surface area contributed by atoms with E-state index in [9.17, 15) is 4.79 Å². The van der Waals surface area contributed by atoms with Gasteiger partial charge in [-0.25, -0.2) is 0 Å². The number of aryl methyl sites for hydroxylation is 1. The van der Waals surface area contributed by atoms with Crippen LogP contribution in [0.25, 0.3) is 0 Å². The van der Waals surface area contributed by atoms with Crippen molar-refractivity contribution >= 4 is 63.7 Å². The Hall–Kier alpha value is -1.01. The molecule has 0 aliphatic rings. The standard InChI is InChI=1S/C13H14Cl3N3OS/c1-3-10(20)18-11(13(14,15)16)19-12(21)17-9-6-4-8(2)5-7-9/h3-7,11H,1H2,2H3,(H,18,20)(H2,17,19,21)/t11-/m1/s1. The fraction of sp³-hybridized carbons (Fsp3) is 0.231. The minimum atomic E-state index is -1.78. The Morgan fingerprint density at radius 1 is 1.29 bits per heavy atom. The molecule has 0 aliphatic carbocycles. The zero-order valence-corrected chi connectivity index (χ0v) is 14.2. The van der Waals surface area contributed by atoms with Crippen LogP contribution in [-0.4, -0.2) is 21.0 Å². The Kier molecular flexibility index (Phi) is 6.74. The van der Waals surface area contributed by atoms with Gasteiger partial charge in [0.15, 0.2) is 5.11 Å². The number of alkyl halides is 3.